The van der Waals surface area contributed by atoms with Gasteiger partial charge in [-0.2, -0.15) is 5.26 Å². The Morgan fingerprint density at radius 2 is 1.75 bits per heavy atom. The van der Waals surface area contributed by atoms with E-state index in [1.165, 1.54) is 12.1 Å². The average molecular weight is 581 g/mol. The maximum absolute atomic E-state index is 14.4. The lowest BCUT2D eigenvalue weighted by molar-refractivity contribution is -0.176. The molecule has 0 spiro atoms. The Morgan fingerprint density at radius 3 is 2.30 bits per heavy atom. The molecule has 3 N–H and O–H groups in total. The van der Waals surface area contributed by atoms with Gasteiger partial charge in [0.05, 0.1) is 17.6 Å². The van der Waals surface area contributed by atoms with Gasteiger partial charge in [0.15, 0.2) is 5.84 Å². The zero-order valence-corrected chi connectivity index (χ0v) is 23.1. The van der Waals surface area contributed by atoms with Crippen molar-refractivity contribution in [3.63, 3.8) is 0 Å². The Kier molecular flexibility index (Phi) is 9.48. The third-order valence-corrected chi connectivity index (χ3v) is 7.30. The predicted octanol–water partition coefficient (Wildman–Crippen LogP) is 6.73. The van der Waals surface area contributed by atoms with E-state index in [0.29, 0.717) is 28.5 Å². The summed E-state index contributed by atoms with van der Waals surface area (Å²) >= 11 is 12.4. The molecule has 0 bridgehead atoms. The normalized spacial score (nSPS) is 19.9. The van der Waals surface area contributed by atoms with E-state index in [9.17, 15) is 9.18 Å². The molecular formula is C29H27Cl2FN6O2. The summed E-state index contributed by atoms with van der Waals surface area (Å²) in [6.45, 7) is 1.94. The van der Waals surface area contributed by atoms with Crippen molar-refractivity contribution >= 4 is 34.9 Å². The summed E-state index contributed by atoms with van der Waals surface area (Å²) in [4.78, 5) is 15.9. The lowest BCUT2D eigenvalue weighted by atomic mass is 9.88. The molecule has 206 valence electrons. The molecule has 1 fully saturated rings. The summed E-state index contributed by atoms with van der Waals surface area (Å²) in [6, 6.07) is 18.7. The summed E-state index contributed by atoms with van der Waals surface area (Å²) < 4.78 is 21.0. The summed E-state index contributed by atoms with van der Waals surface area (Å²) in [5.74, 6) is 4.05. The molecule has 0 unspecified atom stereocenters. The fraction of sp³-hybridized carbons (Fsp3) is 0.276. The molecule has 1 saturated heterocycles. The van der Waals surface area contributed by atoms with Crippen molar-refractivity contribution in [2.24, 2.45) is 16.2 Å². The number of rotatable bonds is 8. The Balaban J connectivity index is 1.87. The molecule has 0 aliphatic carbocycles. The number of carbonyl (C=O) groups is 1. The molecule has 0 radical (unpaired) electrons. The van der Waals surface area contributed by atoms with Gasteiger partial charge in [-0.25, -0.2) is 4.39 Å². The van der Waals surface area contributed by atoms with E-state index in [1.807, 2.05) is 31.2 Å². The number of carbonyl (C=O) groups excluding carboxylic acids is 1. The molecule has 3 aromatic rings. The second-order valence-corrected chi connectivity index (χ2v) is 10.2. The third kappa shape index (κ3) is 6.31. The summed E-state index contributed by atoms with van der Waals surface area (Å²) in [5.41, 5.74) is 1.88. The number of nitriles is 1. The van der Waals surface area contributed by atoms with Crippen molar-refractivity contribution in [2.75, 3.05) is 0 Å². The van der Waals surface area contributed by atoms with E-state index >= 15 is 0 Å². The molecule has 1 aliphatic heterocycles. The van der Waals surface area contributed by atoms with E-state index in [0.717, 1.165) is 11.1 Å². The van der Waals surface area contributed by atoms with Crippen LogP contribution in [0.25, 0.3) is 0 Å². The highest BCUT2D eigenvalue weighted by Crippen LogP contribution is 2.44. The molecule has 4 atom stereocenters. The van der Waals surface area contributed by atoms with Gasteiger partial charge in [-0.15, -0.1) is 5.11 Å². The fourth-order valence-electron chi connectivity index (χ4n) is 4.95. The van der Waals surface area contributed by atoms with Gasteiger partial charge in [0.25, 0.3) is 5.91 Å². The lowest BCUT2D eigenvalue weighted by Crippen LogP contribution is -2.57. The highest BCUT2D eigenvalue weighted by Gasteiger charge is 2.47. The number of nitrogens with zero attached hydrogens (tertiary/aromatic N) is 4. The molecule has 0 saturated carbocycles. The van der Waals surface area contributed by atoms with Crippen molar-refractivity contribution in [3.05, 3.63) is 105 Å². The Morgan fingerprint density at radius 1 is 1.12 bits per heavy atom. The summed E-state index contributed by atoms with van der Waals surface area (Å²) in [7, 11) is 0. The van der Waals surface area contributed by atoms with E-state index in [-0.39, 0.29) is 17.8 Å². The first-order valence-corrected chi connectivity index (χ1v) is 13.4. The van der Waals surface area contributed by atoms with E-state index in [4.69, 9.17) is 44.5 Å². The van der Waals surface area contributed by atoms with Crippen molar-refractivity contribution in [1.29, 1.82) is 10.7 Å². The highest BCUT2D eigenvalue weighted by atomic mass is 35.5. The minimum absolute atomic E-state index is 0.0416. The second kappa shape index (κ2) is 13.0. The zero-order valence-electron chi connectivity index (χ0n) is 21.6. The van der Waals surface area contributed by atoms with Crippen LogP contribution in [0.4, 0.5) is 4.39 Å². The fourth-order valence-corrected chi connectivity index (χ4v) is 5.20. The van der Waals surface area contributed by atoms with Crippen LogP contribution in [0.15, 0.2) is 77.1 Å². The molecule has 1 amide bonds. The van der Waals surface area contributed by atoms with Gasteiger partial charge < -0.3 is 15.5 Å². The lowest BCUT2D eigenvalue weighted by Gasteiger charge is -2.48. The number of hydrogen-bond donors (Lipinski definition) is 2. The Labute approximate surface area is 241 Å². The minimum atomic E-state index is -1.03. The molecule has 1 aliphatic rings. The zero-order chi connectivity index (χ0) is 28.8. The standard InChI is InChI=1S/C29H27Cl2FN6O2/c1-2-3-24(28(34)36-37-35)38-26(18-6-10-21(30)11-7-18)27(19-8-12-22(31)13-9-19)40-25(29(38)39)15-17-4-5-20(16-33)23(32)14-17/h4-14,24-27H,2-3,15H2,1H3,(H3,34,35,36)/t24-,25+,26-,27+/m1/s1. The minimum Gasteiger partial charge on any atom is -0.358 e. The van der Waals surface area contributed by atoms with Gasteiger partial charge in [-0.1, -0.05) is 72.1 Å². The molecule has 0 aromatic heterocycles. The largest absolute Gasteiger partial charge is 0.358 e. The molecular weight excluding hydrogens is 554 g/mol. The number of amidine groups is 1. The summed E-state index contributed by atoms with van der Waals surface area (Å²) in [6.07, 6.45) is -0.619. The van der Waals surface area contributed by atoms with Crippen LogP contribution in [-0.2, 0) is 16.0 Å². The average Bonchev–Trinajstić information content (AvgIpc) is 2.94. The smallest absolute Gasteiger partial charge is 0.253 e. The third-order valence-electron chi connectivity index (χ3n) is 6.79. The first kappa shape index (κ1) is 29.2. The van der Waals surface area contributed by atoms with Crippen LogP contribution in [0.3, 0.4) is 0 Å². The van der Waals surface area contributed by atoms with E-state index < -0.39 is 36.0 Å². The van der Waals surface area contributed by atoms with Gasteiger partial charge in [-0.05, 0) is 59.5 Å². The van der Waals surface area contributed by atoms with Crippen molar-refractivity contribution in [3.8, 4) is 6.07 Å². The Hall–Kier alpha value is -3.84. The number of ether oxygens (including phenoxy) is 1. The Bertz CT molecular complexity index is 1440. The van der Waals surface area contributed by atoms with Crippen LogP contribution >= 0.6 is 23.2 Å². The van der Waals surface area contributed by atoms with Crippen molar-refractivity contribution in [2.45, 2.75) is 50.5 Å². The molecule has 3 aromatic carbocycles. The SMILES string of the molecule is CCC[C@H](C(=N)N=NN)N1C(=O)[C@H](Cc2ccc(C#N)c(F)c2)O[C@@H](c2ccc(Cl)cc2)[C@H]1c1ccc(Cl)cc1. The number of nitrogens with one attached hydrogen (secondary N) is 1. The molecule has 8 nitrogen and oxygen atoms in total. The van der Waals surface area contributed by atoms with Gasteiger partial charge in [0.1, 0.15) is 24.1 Å². The first-order chi connectivity index (χ1) is 19.3. The predicted molar refractivity (Wildman–Crippen MR) is 150 cm³/mol. The number of halogens is 3. The first-order valence-electron chi connectivity index (χ1n) is 12.6. The number of amides is 1. The van der Waals surface area contributed by atoms with Gasteiger partial charge in [-0.3, -0.25) is 10.2 Å². The number of hydrogen-bond acceptors (Lipinski definition) is 5. The van der Waals surface area contributed by atoms with Crippen LogP contribution in [0, 0.1) is 22.6 Å². The van der Waals surface area contributed by atoms with Gasteiger partial charge in [0, 0.05) is 16.5 Å². The summed E-state index contributed by atoms with van der Waals surface area (Å²) in [5, 5.41) is 25.9. The van der Waals surface area contributed by atoms with Crippen LogP contribution in [0.2, 0.25) is 10.0 Å². The van der Waals surface area contributed by atoms with E-state index in [2.05, 4.69) is 10.3 Å². The van der Waals surface area contributed by atoms with E-state index in [1.54, 1.807) is 41.3 Å². The second-order valence-electron chi connectivity index (χ2n) is 9.37. The molecule has 1 heterocycles. The van der Waals surface area contributed by atoms with Crippen LogP contribution < -0.4 is 5.84 Å². The monoisotopic (exact) mass is 580 g/mol. The van der Waals surface area contributed by atoms with Crippen LogP contribution in [0.5, 0.6) is 0 Å². The van der Waals surface area contributed by atoms with Gasteiger partial charge >= 0.3 is 0 Å². The maximum Gasteiger partial charge on any atom is 0.253 e. The number of morpholine rings is 1. The van der Waals surface area contributed by atoms with Crippen LogP contribution in [-0.4, -0.2) is 28.8 Å². The molecule has 4 rings (SSSR count). The highest BCUT2D eigenvalue weighted by molar-refractivity contribution is 6.30. The molecule has 11 heteroatoms. The quantitative estimate of drug-likeness (QED) is 0.101. The van der Waals surface area contributed by atoms with Gasteiger partial charge in [0.2, 0.25) is 0 Å². The maximum atomic E-state index is 14.4. The van der Waals surface area contributed by atoms with Crippen molar-refractivity contribution in [1.82, 2.24) is 4.90 Å². The topological polar surface area (TPSA) is 128 Å². The van der Waals surface area contributed by atoms with Crippen molar-refractivity contribution < 1.29 is 13.9 Å². The molecule has 40 heavy (non-hydrogen) atoms. The number of benzene rings is 3. The van der Waals surface area contributed by atoms with Crippen LogP contribution in [0.1, 0.15) is 54.2 Å². The number of nitrogens with two attached hydrogens (primary N) is 1.